The first kappa shape index (κ1) is 19.6. The monoisotopic (exact) mass is 405 g/mol. The summed E-state index contributed by atoms with van der Waals surface area (Å²) in [4.78, 5) is 36.5. The number of anilines is 2. The maximum absolute atomic E-state index is 12.9. The molecule has 0 bridgehead atoms. The molecule has 1 aliphatic rings. The van der Waals surface area contributed by atoms with E-state index in [1.54, 1.807) is 0 Å². The number of ether oxygens (including phenoxy) is 1. The lowest BCUT2D eigenvalue weighted by Gasteiger charge is -2.30. The summed E-state index contributed by atoms with van der Waals surface area (Å²) < 4.78 is 5.31. The minimum atomic E-state index is -1.17. The van der Waals surface area contributed by atoms with E-state index in [4.69, 9.17) is 21.4 Å². The van der Waals surface area contributed by atoms with Gasteiger partial charge in [-0.05, 0) is 24.3 Å². The Hall–Kier alpha value is -3.17. The van der Waals surface area contributed by atoms with Crippen LogP contribution in [0.3, 0.4) is 0 Å². The highest BCUT2D eigenvalue weighted by molar-refractivity contribution is 6.34. The van der Waals surface area contributed by atoms with E-state index in [9.17, 15) is 19.7 Å². The van der Waals surface area contributed by atoms with Crippen molar-refractivity contribution in [3.8, 4) is 0 Å². The molecule has 0 aliphatic carbocycles. The molecule has 1 saturated heterocycles. The van der Waals surface area contributed by atoms with Crippen molar-refractivity contribution in [1.82, 2.24) is 0 Å². The minimum Gasteiger partial charge on any atom is -0.478 e. The van der Waals surface area contributed by atoms with Crippen LogP contribution >= 0.6 is 11.6 Å². The number of hydrogen-bond acceptors (Lipinski definition) is 6. The molecule has 2 N–H and O–H groups in total. The first-order valence-electron chi connectivity index (χ1n) is 8.32. The lowest BCUT2D eigenvalue weighted by Crippen LogP contribution is -2.37. The molecule has 10 heteroatoms. The van der Waals surface area contributed by atoms with Gasteiger partial charge < -0.3 is 20.1 Å². The molecule has 0 aromatic heterocycles. The Morgan fingerprint density at radius 3 is 2.54 bits per heavy atom. The Morgan fingerprint density at radius 2 is 1.89 bits per heavy atom. The predicted octanol–water partition coefficient (Wildman–Crippen LogP) is 3.04. The van der Waals surface area contributed by atoms with E-state index >= 15 is 0 Å². The van der Waals surface area contributed by atoms with Gasteiger partial charge in [0.2, 0.25) is 0 Å². The van der Waals surface area contributed by atoms with Crippen LogP contribution in [0.1, 0.15) is 20.7 Å². The van der Waals surface area contributed by atoms with Crippen LogP contribution in [0.4, 0.5) is 17.1 Å². The number of nitrogens with zero attached hydrogens (tertiary/aromatic N) is 2. The molecular formula is C18H16ClN3O6. The van der Waals surface area contributed by atoms with Crippen LogP contribution in [0.25, 0.3) is 0 Å². The fourth-order valence-electron chi connectivity index (χ4n) is 2.84. The smallest absolute Gasteiger partial charge is 0.335 e. The third kappa shape index (κ3) is 4.21. The lowest BCUT2D eigenvalue weighted by molar-refractivity contribution is -0.384. The van der Waals surface area contributed by atoms with Crippen LogP contribution in [-0.4, -0.2) is 48.2 Å². The standard InChI is InChI=1S/C18H16ClN3O6/c19-14-3-1-11(18(24)25)9-15(14)20-17(23)13-10-12(22(26)27)2-4-16(13)21-5-7-28-8-6-21/h1-4,9-10H,5-8H2,(H,20,23)(H,24,25). The summed E-state index contributed by atoms with van der Waals surface area (Å²) in [7, 11) is 0. The third-order valence-electron chi connectivity index (χ3n) is 4.25. The van der Waals surface area contributed by atoms with Crippen molar-refractivity contribution in [2.45, 2.75) is 0 Å². The second kappa shape index (κ2) is 8.24. The van der Waals surface area contributed by atoms with Crippen molar-refractivity contribution in [3.63, 3.8) is 0 Å². The number of nitro groups is 1. The van der Waals surface area contributed by atoms with Gasteiger partial charge in [-0.2, -0.15) is 0 Å². The second-order valence-corrected chi connectivity index (χ2v) is 6.42. The van der Waals surface area contributed by atoms with Gasteiger partial charge in [0.15, 0.2) is 0 Å². The van der Waals surface area contributed by atoms with Crippen molar-refractivity contribution >= 4 is 40.5 Å². The van der Waals surface area contributed by atoms with Gasteiger partial charge in [0.25, 0.3) is 11.6 Å². The summed E-state index contributed by atoms with van der Waals surface area (Å²) in [6, 6.07) is 7.94. The maximum atomic E-state index is 12.9. The normalized spacial score (nSPS) is 13.8. The van der Waals surface area contributed by atoms with Crippen molar-refractivity contribution < 1.29 is 24.4 Å². The summed E-state index contributed by atoms with van der Waals surface area (Å²) in [5.41, 5.74) is 0.440. The van der Waals surface area contributed by atoms with Gasteiger partial charge in [0.1, 0.15) is 0 Å². The largest absolute Gasteiger partial charge is 0.478 e. The van der Waals surface area contributed by atoms with Crippen molar-refractivity contribution in [2.24, 2.45) is 0 Å². The molecule has 2 aromatic carbocycles. The molecule has 0 radical (unpaired) electrons. The molecule has 0 atom stereocenters. The van der Waals surface area contributed by atoms with E-state index in [-0.39, 0.29) is 27.5 Å². The molecule has 28 heavy (non-hydrogen) atoms. The molecule has 2 aromatic rings. The average molecular weight is 406 g/mol. The molecule has 1 aliphatic heterocycles. The van der Waals surface area contributed by atoms with Gasteiger partial charge in [0.05, 0.1) is 45.7 Å². The highest BCUT2D eigenvalue weighted by atomic mass is 35.5. The van der Waals surface area contributed by atoms with Crippen LogP contribution in [0.15, 0.2) is 36.4 Å². The summed E-state index contributed by atoms with van der Waals surface area (Å²) >= 11 is 6.06. The Labute approximate surface area is 164 Å². The number of morpholine rings is 1. The van der Waals surface area contributed by atoms with Gasteiger partial charge in [-0.15, -0.1) is 0 Å². The fourth-order valence-corrected chi connectivity index (χ4v) is 3.01. The Morgan fingerprint density at radius 1 is 1.18 bits per heavy atom. The Balaban J connectivity index is 1.97. The van der Waals surface area contributed by atoms with Gasteiger partial charge in [0, 0.05) is 25.2 Å². The molecule has 0 spiro atoms. The van der Waals surface area contributed by atoms with E-state index in [2.05, 4.69) is 5.32 Å². The SMILES string of the molecule is O=C(O)c1ccc(Cl)c(NC(=O)c2cc([N+](=O)[O-])ccc2N2CCOCC2)c1. The summed E-state index contributed by atoms with van der Waals surface area (Å²) in [5, 5.41) is 23.0. The summed E-state index contributed by atoms with van der Waals surface area (Å²) in [6.07, 6.45) is 0. The number of carboxylic acid groups (broad SMARTS) is 1. The average Bonchev–Trinajstić information content (AvgIpc) is 2.69. The van der Waals surface area contributed by atoms with Gasteiger partial charge in [-0.1, -0.05) is 11.6 Å². The number of amides is 1. The number of nitro benzene ring substituents is 1. The number of carbonyl (C=O) groups excluding carboxylic acids is 1. The van der Waals surface area contributed by atoms with Gasteiger partial charge in [-0.3, -0.25) is 14.9 Å². The molecule has 3 rings (SSSR count). The molecule has 0 unspecified atom stereocenters. The quantitative estimate of drug-likeness (QED) is 0.579. The topological polar surface area (TPSA) is 122 Å². The Kier molecular flexibility index (Phi) is 5.76. The minimum absolute atomic E-state index is 0.0489. The van der Waals surface area contributed by atoms with Crippen molar-refractivity contribution in [3.05, 3.63) is 62.7 Å². The van der Waals surface area contributed by atoms with Crippen molar-refractivity contribution in [2.75, 3.05) is 36.5 Å². The molecule has 0 saturated carbocycles. The van der Waals surface area contributed by atoms with Crippen molar-refractivity contribution in [1.29, 1.82) is 0 Å². The molecular weight excluding hydrogens is 390 g/mol. The first-order valence-corrected chi connectivity index (χ1v) is 8.70. The molecule has 9 nitrogen and oxygen atoms in total. The van der Waals surface area contributed by atoms with E-state index < -0.39 is 16.8 Å². The van der Waals surface area contributed by atoms with Gasteiger partial charge in [-0.25, -0.2) is 4.79 Å². The number of carbonyl (C=O) groups is 2. The highest BCUT2D eigenvalue weighted by Crippen LogP contribution is 2.29. The zero-order chi connectivity index (χ0) is 20.3. The number of benzene rings is 2. The zero-order valence-electron chi connectivity index (χ0n) is 14.6. The van der Waals surface area contributed by atoms with Gasteiger partial charge >= 0.3 is 5.97 Å². The second-order valence-electron chi connectivity index (χ2n) is 6.01. The third-order valence-corrected chi connectivity index (χ3v) is 4.58. The molecule has 1 fully saturated rings. The van der Waals surface area contributed by atoms with E-state index in [1.165, 1.54) is 36.4 Å². The predicted molar refractivity (Wildman–Crippen MR) is 102 cm³/mol. The summed E-state index contributed by atoms with van der Waals surface area (Å²) in [5.74, 6) is -1.80. The fraction of sp³-hybridized carbons (Fsp3) is 0.222. The van der Waals surface area contributed by atoms with E-state index in [1.807, 2.05) is 4.90 Å². The van der Waals surface area contributed by atoms with Crippen LogP contribution in [0, 0.1) is 10.1 Å². The molecule has 146 valence electrons. The number of non-ortho nitro benzene ring substituents is 1. The number of rotatable bonds is 5. The molecule has 1 heterocycles. The first-order chi connectivity index (χ1) is 13.4. The zero-order valence-corrected chi connectivity index (χ0v) is 15.3. The van der Waals surface area contributed by atoms with Crippen LogP contribution < -0.4 is 10.2 Å². The van der Waals surface area contributed by atoms with Crippen LogP contribution in [0.2, 0.25) is 5.02 Å². The number of halogens is 1. The summed E-state index contributed by atoms with van der Waals surface area (Å²) in [6.45, 7) is 2.02. The highest BCUT2D eigenvalue weighted by Gasteiger charge is 2.23. The van der Waals surface area contributed by atoms with E-state index in [0.29, 0.717) is 32.0 Å². The van der Waals surface area contributed by atoms with Crippen LogP contribution in [0.5, 0.6) is 0 Å². The number of nitrogens with one attached hydrogen (secondary N) is 1. The van der Waals surface area contributed by atoms with Crippen LogP contribution in [-0.2, 0) is 4.74 Å². The maximum Gasteiger partial charge on any atom is 0.335 e. The number of aromatic carboxylic acids is 1. The van der Waals surface area contributed by atoms with E-state index in [0.717, 1.165) is 0 Å². The number of carboxylic acids is 1. The lowest BCUT2D eigenvalue weighted by atomic mass is 10.1. The Bertz CT molecular complexity index is 943. The molecule has 1 amide bonds. The number of hydrogen-bond donors (Lipinski definition) is 2.